The number of anilines is 2. The monoisotopic (exact) mass is 511 g/mol. The number of piperazine rings is 1. The van der Waals surface area contributed by atoms with Gasteiger partial charge in [0.1, 0.15) is 11.4 Å². The quantitative estimate of drug-likeness (QED) is 0.368. The fourth-order valence-electron chi connectivity index (χ4n) is 5.18. The molecule has 1 saturated carbocycles. The summed E-state index contributed by atoms with van der Waals surface area (Å²) in [6.07, 6.45) is 1.76. The maximum atomic E-state index is 13.5. The molecule has 1 aliphatic carbocycles. The van der Waals surface area contributed by atoms with E-state index in [4.69, 9.17) is 0 Å². The minimum absolute atomic E-state index is 0.140. The van der Waals surface area contributed by atoms with E-state index < -0.39 is 11.7 Å². The molecule has 4 heterocycles. The van der Waals surface area contributed by atoms with E-state index in [9.17, 15) is 18.0 Å². The molecular weight excluding hydrogens is 471 g/mol. The minimum atomic E-state index is -4.54. The van der Waals surface area contributed by atoms with Crippen molar-refractivity contribution in [3.05, 3.63) is 24.9 Å². The predicted octanol–water partition coefficient (Wildman–Crippen LogP) is 3.55. The molecule has 2 N–H and O–H groups in total. The number of likely N-dealkylation sites (N-methyl/N-ethyl adjacent to an activating group) is 1. The summed E-state index contributed by atoms with van der Waals surface area (Å²) in [5.41, 5.74) is -0.872. The first kappa shape index (κ1) is 28.2. The molecule has 0 spiro atoms. The summed E-state index contributed by atoms with van der Waals surface area (Å²) < 4.78 is 40.4. The Labute approximate surface area is 212 Å². The highest BCUT2D eigenvalue weighted by Gasteiger charge is 2.39. The highest BCUT2D eigenvalue weighted by molar-refractivity contribution is 5.80. The van der Waals surface area contributed by atoms with Gasteiger partial charge in [-0.25, -0.2) is 4.98 Å². The fourth-order valence-corrected chi connectivity index (χ4v) is 5.18. The second-order valence-electron chi connectivity index (χ2n) is 9.70. The number of alkyl halides is 3. The van der Waals surface area contributed by atoms with Crippen LogP contribution in [0.4, 0.5) is 24.9 Å². The lowest BCUT2D eigenvalue weighted by atomic mass is 9.79. The molecule has 5 rings (SSSR count). The Morgan fingerprint density at radius 3 is 2.28 bits per heavy atom. The smallest absolute Gasteiger partial charge is 0.369 e. The maximum Gasteiger partial charge on any atom is 0.421 e. The van der Waals surface area contributed by atoms with E-state index in [1.165, 1.54) is 0 Å². The number of carbonyl (C=O) groups excluding carboxylic acids is 1. The van der Waals surface area contributed by atoms with Crippen molar-refractivity contribution in [2.24, 2.45) is 5.92 Å². The molecule has 3 aliphatic heterocycles. The van der Waals surface area contributed by atoms with Gasteiger partial charge >= 0.3 is 6.18 Å². The first-order valence-corrected chi connectivity index (χ1v) is 12.9. The van der Waals surface area contributed by atoms with Crippen molar-refractivity contribution in [1.29, 1.82) is 0 Å². The van der Waals surface area contributed by atoms with Gasteiger partial charge in [0.05, 0.1) is 0 Å². The predicted molar refractivity (Wildman–Crippen MR) is 136 cm³/mol. The van der Waals surface area contributed by atoms with Gasteiger partial charge in [-0.1, -0.05) is 0 Å². The van der Waals surface area contributed by atoms with E-state index >= 15 is 0 Å². The number of aromatic nitrogens is 2. The Hall–Kier alpha value is -2.40. The summed E-state index contributed by atoms with van der Waals surface area (Å²) in [5.74, 6) is 0.332. The molecule has 4 aliphatic rings. The van der Waals surface area contributed by atoms with Gasteiger partial charge in [-0.05, 0) is 52.1 Å². The lowest BCUT2D eigenvalue weighted by molar-refractivity contribution is -0.146. The van der Waals surface area contributed by atoms with Crippen molar-refractivity contribution in [2.75, 3.05) is 70.0 Å². The number of halogens is 3. The number of hydrogen-bond donors (Lipinski definition) is 2. The van der Waals surface area contributed by atoms with Gasteiger partial charge in [0.15, 0.2) is 0 Å². The van der Waals surface area contributed by atoms with Crippen LogP contribution in [0.25, 0.3) is 0 Å². The standard InChI is InChI=1S/C23H36F3N7O.C2H4/c1-31-12-14-32(15-13-31)10-2-9-28-22-29-16-19(23(24,25)26)20(30-22)27-8-3-11-33-18-6-4-17(5-7-18)21(33)34;1-2/h16-18H,2-15H2,1H3,(H2,27,28,29,30);1-2H2. The Morgan fingerprint density at radius 1 is 1.00 bits per heavy atom. The number of fused-ring (bicyclic) bond motifs is 3. The molecule has 0 aromatic carbocycles. The molecule has 8 nitrogen and oxygen atoms in total. The van der Waals surface area contributed by atoms with Crippen LogP contribution in [0, 0.1) is 5.92 Å². The molecule has 0 atom stereocenters. The van der Waals surface area contributed by atoms with Crippen LogP contribution in [-0.4, -0.2) is 96.0 Å². The third-order valence-corrected chi connectivity index (χ3v) is 7.26. The van der Waals surface area contributed by atoms with E-state index in [0.29, 0.717) is 32.1 Å². The van der Waals surface area contributed by atoms with Crippen LogP contribution >= 0.6 is 0 Å². The number of hydrogen-bond acceptors (Lipinski definition) is 7. The van der Waals surface area contributed by atoms with Crippen molar-refractivity contribution >= 4 is 17.7 Å². The van der Waals surface area contributed by atoms with E-state index in [1.54, 1.807) is 0 Å². The third-order valence-electron chi connectivity index (χ3n) is 7.26. The molecule has 1 aromatic heterocycles. The highest BCUT2D eigenvalue weighted by atomic mass is 19.4. The number of amides is 1. The zero-order chi connectivity index (χ0) is 26.1. The molecule has 11 heteroatoms. The van der Waals surface area contributed by atoms with E-state index in [2.05, 4.69) is 50.6 Å². The molecule has 1 amide bonds. The third kappa shape index (κ3) is 7.55. The first-order chi connectivity index (χ1) is 17.3. The van der Waals surface area contributed by atoms with E-state index in [1.807, 2.05) is 4.90 Å². The normalized spacial score (nSPS) is 22.8. The summed E-state index contributed by atoms with van der Waals surface area (Å²) in [6.45, 7) is 12.6. The van der Waals surface area contributed by atoms with Crippen molar-refractivity contribution < 1.29 is 18.0 Å². The van der Waals surface area contributed by atoms with E-state index in [-0.39, 0.29) is 23.6 Å². The van der Waals surface area contributed by atoms with Crippen molar-refractivity contribution in [2.45, 2.75) is 50.7 Å². The molecule has 4 fully saturated rings. The van der Waals surface area contributed by atoms with Crippen molar-refractivity contribution in [3.63, 3.8) is 0 Å². The summed E-state index contributed by atoms with van der Waals surface area (Å²) in [7, 11) is 2.11. The van der Waals surface area contributed by atoms with Gasteiger partial charge in [-0.2, -0.15) is 18.2 Å². The van der Waals surface area contributed by atoms with Crippen LogP contribution in [0.15, 0.2) is 19.4 Å². The summed E-state index contributed by atoms with van der Waals surface area (Å²) in [6, 6.07) is 0.295. The molecular formula is C25H40F3N7O. The molecule has 0 unspecified atom stereocenters. The van der Waals surface area contributed by atoms with Gasteiger partial charge < -0.3 is 25.3 Å². The van der Waals surface area contributed by atoms with Crippen molar-refractivity contribution in [1.82, 2.24) is 24.7 Å². The molecule has 2 bridgehead atoms. The van der Waals surface area contributed by atoms with Gasteiger partial charge in [0.2, 0.25) is 11.9 Å². The second-order valence-corrected chi connectivity index (χ2v) is 9.70. The van der Waals surface area contributed by atoms with Crippen LogP contribution in [-0.2, 0) is 11.0 Å². The SMILES string of the molecule is C=C.CN1CCN(CCCNc2ncc(C(F)(F)F)c(NCCCN3C(=O)C4CCC3CC4)n2)CC1. The first-order valence-electron chi connectivity index (χ1n) is 12.9. The lowest BCUT2D eigenvalue weighted by Gasteiger charge is -2.44. The fraction of sp³-hybridized carbons (Fsp3) is 0.720. The Kier molecular flexibility index (Phi) is 10.4. The zero-order valence-corrected chi connectivity index (χ0v) is 21.3. The number of rotatable bonds is 10. The average molecular weight is 512 g/mol. The lowest BCUT2D eigenvalue weighted by Crippen LogP contribution is -2.52. The summed E-state index contributed by atoms with van der Waals surface area (Å²) >= 11 is 0. The van der Waals surface area contributed by atoms with Crippen LogP contribution < -0.4 is 10.6 Å². The number of piperidine rings is 2. The summed E-state index contributed by atoms with van der Waals surface area (Å²) in [4.78, 5) is 27.1. The molecule has 36 heavy (non-hydrogen) atoms. The Morgan fingerprint density at radius 2 is 1.64 bits per heavy atom. The van der Waals surface area contributed by atoms with E-state index in [0.717, 1.165) is 71.0 Å². The van der Waals surface area contributed by atoms with Crippen LogP contribution in [0.3, 0.4) is 0 Å². The number of carbonyl (C=O) groups is 1. The summed E-state index contributed by atoms with van der Waals surface area (Å²) in [5, 5.41) is 5.90. The number of nitrogens with one attached hydrogen (secondary N) is 2. The topological polar surface area (TPSA) is 76.6 Å². The Bertz CT molecular complexity index is 837. The maximum absolute atomic E-state index is 13.5. The largest absolute Gasteiger partial charge is 0.421 e. The van der Waals surface area contributed by atoms with Crippen molar-refractivity contribution in [3.8, 4) is 0 Å². The van der Waals surface area contributed by atoms with Gasteiger partial charge in [0, 0.05) is 64.0 Å². The Balaban J connectivity index is 0.00000176. The zero-order valence-electron chi connectivity index (χ0n) is 21.3. The highest BCUT2D eigenvalue weighted by Crippen LogP contribution is 2.36. The molecule has 202 valence electrons. The average Bonchev–Trinajstić information content (AvgIpc) is 2.88. The van der Waals surface area contributed by atoms with Gasteiger partial charge in [0.25, 0.3) is 0 Å². The van der Waals surface area contributed by atoms with Gasteiger partial charge in [-0.15, -0.1) is 13.2 Å². The van der Waals surface area contributed by atoms with Gasteiger partial charge in [-0.3, -0.25) is 4.79 Å². The number of nitrogens with zero attached hydrogens (tertiary/aromatic N) is 5. The van der Waals surface area contributed by atoms with Crippen LogP contribution in [0.1, 0.15) is 44.1 Å². The van der Waals surface area contributed by atoms with Crippen LogP contribution in [0.2, 0.25) is 0 Å². The van der Waals surface area contributed by atoms with Crippen LogP contribution in [0.5, 0.6) is 0 Å². The minimum Gasteiger partial charge on any atom is -0.369 e. The molecule has 1 aromatic rings. The molecule has 0 radical (unpaired) electrons. The molecule has 3 saturated heterocycles. The second kappa shape index (κ2) is 13.2.